The molecule has 0 amide bonds. The Bertz CT molecular complexity index is 124. The molecule has 0 bridgehead atoms. The molecule has 0 saturated carbocycles. The van der Waals surface area contributed by atoms with Gasteiger partial charge in [-0.1, -0.05) is 6.92 Å². The number of carbonyl (C=O) groups is 1. The molecule has 0 fully saturated rings. The molecule has 0 aliphatic rings. The van der Waals surface area contributed by atoms with E-state index in [4.69, 9.17) is 27.9 Å². The Morgan fingerprint density at radius 2 is 2.00 bits per heavy atom. The van der Waals surface area contributed by atoms with E-state index in [0.29, 0.717) is 18.2 Å². The van der Waals surface area contributed by atoms with Gasteiger partial charge in [0.05, 0.1) is 0 Å². The minimum atomic E-state index is -0.329. The Hall–Kier alpha value is 0.0500. The van der Waals surface area contributed by atoms with Gasteiger partial charge in [-0.3, -0.25) is 4.79 Å². The van der Waals surface area contributed by atoms with Crippen LogP contribution in [0.4, 0.5) is 0 Å². The first-order valence-electron chi connectivity index (χ1n) is 3.31. The van der Waals surface area contributed by atoms with Crippen molar-refractivity contribution in [3.05, 3.63) is 0 Å². The number of rotatable bonds is 5. The molecule has 2 nitrogen and oxygen atoms in total. The normalized spacial score (nSPS) is 14.2. The molecule has 0 aliphatic heterocycles. The van der Waals surface area contributed by atoms with Crippen molar-refractivity contribution >= 4 is 29.7 Å². The lowest BCUT2D eigenvalue weighted by Crippen LogP contribution is -2.35. The van der Waals surface area contributed by atoms with Crippen molar-refractivity contribution in [3.63, 3.8) is 0 Å². The van der Waals surface area contributed by atoms with Gasteiger partial charge in [0.1, 0.15) is 6.10 Å². The molecule has 0 saturated heterocycles. The van der Waals surface area contributed by atoms with Gasteiger partial charge in [-0.05, 0) is 6.92 Å². The van der Waals surface area contributed by atoms with Crippen molar-refractivity contribution in [3.8, 4) is 0 Å². The highest BCUT2D eigenvalue weighted by molar-refractivity contribution is 6.21. The molecule has 0 aromatic carbocycles. The molecule has 4 heteroatoms. The summed E-state index contributed by atoms with van der Waals surface area (Å²) in [5.74, 6) is 0.761. The van der Waals surface area contributed by atoms with Gasteiger partial charge in [-0.15, -0.1) is 23.2 Å². The zero-order chi connectivity index (χ0) is 8.91. The number of ether oxygens (including phenoxy) is 1. The minimum absolute atomic E-state index is 0.241. The van der Waals surface area contributed by atoms with E-state index in [1.165, 1.54) is 0 Å². The smallest absolute Gasteiger partial charge is 0.293 e. The highest BCUT2D eigenvalue weighted by Crippen LogP contribution is 2.26. The van der Waals surface area contributed by atoms with Crippen molar-refractivity contribution in [1.29, 1.82) is 0 Å². The second-order valence-electron chi connectivity index (χ2n) is 2.80. The predicted octanol–water partition coefficient (Wildman–Crippen LogP) is 2.03. The van der Waals surface area contributed by atoms with Crippen LogP contribution in [-0.2, 0) is 9.53 Å². The van der Waals surface area contributed by atoms with Gasteiger partial charge in [0.2, 0.25) is 0 Å². The summed E-state index contributed by atoms with van der Waals surface area (Å²) in [6.45, 7) is 4.07. The van der Waals surface area contributed by atoms with Gasteiger partial charge >= 0.3 is 0 Å². The predicted molar refractivity (Wildman–Crippen MR) is 46.2 cm³/mol. The fourth-order valence-electron chi connectivity index (χ4n) is 0.501. The van der Waals surface area contributed by atoms with Crippen molar-refractivity contribution in [2.45, 2.75) is 20.0 Å². The van der Waals surface area contributed by atoms with Crippen molar-refractivity contribution in [1.82, 2.24) is 0 Å². The fourth-order valence-corrected chi connectivity index (χ4v) is 1.22. The first-order chi connectivity index (χ1) is 5.10. The topological polar surface area (TPSA) is 26.3 Å². The highest BCUT2D eigenvalue weighted by atomic mass is 35.5. The van der Waals surface area contributed by atoms with E-state index in [0.717, 1.165) is 0 Å². The molecular formula is C7H12Cl2O2. The third-order valence-electron chi connectivity index (χ3n) is 1.85. The fraction of sp³-hybridized carbons (Fsp3) is 0.857. The van der Waals surface area contributed by atoms with Gasteiger partial charge in [-0.2, -0.15) is 0 Å². The molecule has 0 aliphatic carbocycles. The third kappa shape index (κ3) is 2.88. The Labute approximate surface area is 76.8 Å². The van der Waals surface area contributed by atoms with Crippen LogP contribution in [0.3, 0.4) is 0 Å². The second kappa shape index (κ2) is 4.83. The number of alkyl halides is 2. The molecule has 1 unspecified atom stereocenters. The minimum Gasteiger partial charge on any atom is -0.464 e. The van der Waals surface area contributed by atoms with Crippen LogP contribution in [-0.4, -0.2) is 24.3 Å². The number of carbonyl (C=O) groups excluding carboxylic acids is 1. The van der Waals surface area contributed by atoms with E-state index in [-0.39, 0.29) is 11.5 Å². The van der Waals surface area contributed by atoms with Crippen LogP contribution in [0.25, 0.3) is 0 Å². The molecule has 66 valence electrons. The van der Waals surface area contributed by atoms with Crippen molar-refractivity contribution < 1.29 is 9.53 Å². The maximum atomic E-state index is 9.99. The van der Waals surface area contributed by atoms with Crippen LogP contribution in [0.5, 0.6) is 0 Å². The van der Waals surface area contributed by atoms with Gasteiger partial charge in [0, 0.05) is 17.2 Å². The van der Waals surface area contributed by atoms with Crippen LogP contribution in [0, 0.1) is 5.41 Å². The summed E-state index contributed by atoms with van der Waals surface area (Å²) < 4.78 is 4.74. The van der Waals surface area contributed by atoms with E-state index < -0.39 is 0 Å². The van der Waals surface area contributed by atoms with Crippen LogP contribution >= 0.6 is 23.2 Å². The summed E-state index contributed by atoms with van der Waals surface area (Å²) in [4.78, 5) is 9.99. The van der Waals surface area contributed by atoms with E-state index >= 15 is 0 Å². The summed E-state index contributed by atoms with van der Waals surface area (Å²) in [5, 5.41) is 0. The molecule has 0 spiro atoms. The molecule has 0 aromatic heterocycles. The summed E-state index contributed by atoms with van der Waals surface area (Å²) in [6.07, 6.45) is -0.241. The van der Waals surface area contributed by atoms with Gasteiger partial charge in [0.15, 0.2) is 0 Å². The van der Waals surface area contributed by atoms with Crippen molar-refractivity contribution in [2.24, 2.45) is 5.41 Å². The molecule has 0 heterocycles. The highest BCUT2D eigenvalue weighted by Gasteiger charge is 2.30. The zero-order valence-corrected chi connectivity index (χ0v) is 8.15. The lowest BCUT2D eigenvalue weighted by Gasteiger charge is -2.29. The SMILES string of the molecule is CC(OC=O)C(C)(CCl)CCl. The van der Waals surface area contributed by atoms with Crippen LogP contribution in [0.2, 0.25) is 0 Å². The van der Waals surface area contributed by atoms with Crippen molar-refractivity contribution in [2.75, 3.05) is 11.8 Å². The lowest BCUT2D eigenvalue weighted by molar-refractivity contribution is -0.137. The summed E-state index contributed by atoms with van der Waals surface area (Å²) in [5.41, 5.74) is -0.329. The van der Waals surface area contributed by atoms with Crippen LogP contribution in [0.15, 0.2) is 0 Å². The Morgan fingerprint density at radius 1 is 1.55 bits per heavy atom. The summed E-state index contributed by atoms with van der Waals surface area (Å²) >= 11 is 11.3. The summed E-state index contributed by atoms with van der Waals surface area (Å²) in [7, 11) is 0. The van der Waals surface area contributed by atoms with Crippen LogP contribution < -0.4 is 0 Å². The molecule has 11 heavy (non-hydrogen) atoms. The maximum absolute atomic E-state index is 9.99. The average molecular weight is 199 g/mol. The first kappa shape index (κ1) is 11.1. The van der Waals surface area contributed by atoms with Gasteiger partial charge in [0.25, 0.3) is 6.47 Å². The standard InChI is InChI=1S/C7H12Cl2O2/c1-6(11-5-10)7(2,3-8)4-9/h5-6H,3-4H2,1-2H3. The second-order valence-corrected chi connectivity index (χ2v) is 3.33. The molecular weight excluding hydrogens is 187 g/mol. The van der Waals surface area contributed by atoms with E-state index in [9.17, 15) is 4.79 Å². The van der Waals surface area contributed by atoms with Gasteiger partial charge in [-0.25, -0.2) is 0 Å². The lowest BCUT2D eigenvalue weighted by atomic mass is 9.90. The molecule has 1 atom stereocenters. The summed E-state index contributed by atoms with van der Waals surface area (Å²) in [6, 6.07) is 0. The monoisotopic (exact) mass is 198 g/mol. The molecule has 0 aromatic rings. The Morgan fingerprint density at radius 3 is 2.27 bits per heavy atom. The zero-order valence-electron chi connectivity index (χ0n) is 6.64. The van der Waals surface area contributed by atoms with Gasteiger partial charge < -0.3 is 4.74 Å². The Balaban J connectivity index is 4.10. The van der Waals surface area contributed by atoms with E-state index in [2.05, 4.69) is 0 Å². The molecule has 0 N–H and O–H groups in total. The largest absolute Gasteiger partial charge is 0.464 e. The van der Waals surface area contributed by atoms with E-state index in [1.54, 1.807) is 6.92 Å². The Kier molecular flexibility index (Phi) is 4.86. The first-order valence-corrected chi connectivity index (χ1v) is 4.38. The maximum Gasteiger partial charge on any atom is 0.293 e. The van der Waals surface area contributed by atoms with Crippen LogP contribution in [0.1, 0.15) is 13.8 Å². The quantitative estimate of drug-likeness (QED) is 0.500. The number of hydrogen-bond acceptors (Lipinski definition) is 2. The van der Waals surface area contributed by atoms with E-state index in [1.807, 2.05) is 6.92 Å². The molecule has 0 radical (unpaired) electrons. The number of hydrogen-bond donors (Lipinski definition) is 0. The number of halogens is 2. The average Bonchev–Trinajstić information content (AvgIpc) is 2.03. The third-order valence-corrected chi connectivity index (χ3v) is 3.07. The molecule has 0 rings (SSSR count).